The molecule has 2 amide bonds. The maximum absolute atomic E-state index is 12.6. The first-order valence-corrected chi connectivity index (χ1v) is 10.1. The van der Waals surface area contributed by atoms with Crippen LogP contribution in [0.4, 0.5) is 0 Å². The molecule has 0 unspecified atom stereocenters. The maximum Gasteiger partial charge on any atom is 0.254 e. The molecule has 2 N–H and O–H groups in total. The number of halogens is 1. The average Bonchev–Trinajstić information content (AvgIpc) is 2.59. The molecule has 1 fully saturated rings. The minimum absolute atomic E-state index is 0. The topological polar surface area (TPSA) is 101 Å². The molecule has 2 rings (SSSR count). The molecule has 7 nitrogen and oxygen atoms in total. The van der Waals surface area contributed by atoms with Crippen LogP contribution in [0, 0.1) is 5.92 Å². The Balaban J connectivity index is 0.00000338. The Morgan fingerprint density at radius 3 is 2.12 bits per heavy atom. The van der Waals surface area contributed by atoms with Gasteiger partial charge in [0.2, 0.25) is 5.91 Å². The van der Waals surface area contributed by atoms with Gasteiger partial charge in [0.15, 0.2) is 9.84 Å². The number of rotatable bonds is 4. The highest BCUT2D eigenvalue weighted by molar-refractivity contribution is 7.90. The summed E-state index contributed by atoms with van der Waals surface area (Å²) in [6.07, 6.45) is 1.11. The molecule has 0 aliphatic carbocycles. The molecule has 0 spiro atoms. The molecule has 1 aromatic carbocycles. The van der Waals surface area contributed by atoms with Crippen molar-refractivity contribution in [3.63, 3.8) is 0 Å². The minimum atomic E-state index is -3.36. The molecule has 0 saturated carbocycles. The summed E-state index contributed by atoms with van der Waals surface area (Å²) < 4.78 is 23.3. The molecule has 0 bridgehead atoms. The van der Waals surface area contributed by atoms with Crippen molar-refractivity contribution in [1.82, 2.24) is 9.80 Å². The highest BCUT2D eigenvalue weighted by Crippen LogP contribution is 2.15. The van der Waals surface area contributed by atoms with Crippen LogP contribution in [-0.2, 0) is 14.6 Å². The van der Waals surface area contributed by atoms with Crippen LogP contribution in [0.15, 0.2) is 29.2 Å². The lowest BCUT2D eigenvalue weighted by Gasteiger charge is -2.36. The molecule has 1 saturated heterocycles. The first kappa shape index (κ1) is 22.4. The quantitative estimate of drug-likeness (QED) is 0.800. The summed E-state index contributed by atoms with van der Waals surface area (Å²) in [5.41, 5.74) is 6.24. The number of sulfone groups is 1. The van der Waals surface area contributed by atoms with E-state index in [9.17, 15) is 18.0 Å². The molecule has 1 aliphatic heterocycles. The number of amides is 2. The van der Waals surface area contributed by atoms with Crippen LogP contribution in [0.5, 0.6) is 0 Å². The molecule has 1 atom stereocenters. The summed E-state index contributed by atoms with van der Waals surface area (Å²) in [6, 6.07) is 5.49. The van der Waals surface area contributed by atoms with E-state index >= 15 is 0 Å². The van der Waals surface area contributed by atoms with Gasteiger partial charge in [-0.15, -0.1) is 12.4 Å². The van der Waals surface area contributed by atoms with Gasteiger partial charge in [0.1, 0.15) is 0 Å². The molecule has 146 valence electrons. The van der Waals surface area contributed by atoms with E-state index in [1.165, 1.54) is 12.1 Å². The van der Waals surface area contributed by atoms with Crippen LogP contribution in [0.25, 0.3) is 0 Å². The number of piperazine rings is 1. The zero-order valence-electron chi connectivity index (χ0n) is 15.2. The standard InChI is InChI=1S/C17H25N3O4S.ClH/c1-12(2)15(18)17(22)20-9-7-19(8-10-20)16(21)13-5-4-6-14(11-13)25(3,23)24;/h4-6,11-12,15H,7-10,18H2,1-3H3;1H/t15-;/m0./s1. The Hall–Kier alpha value is -1.64. The summed E-state index contributed by atoms with van der Waals surface area (Å²) in [7, 11) is -3.36. The van der Waals surface area contributed by atoms with Crippen molar-refractivity contribution >= 4 is 34.1 Å². The van der Waals surface area contributed by atoms with Crippen molar-refractivity contribution < 1.29 is 18.0 Å². The fourth-order valence-corrected chi connectivity index (χ4v) is 3.34. The van der Waals surface area contributed by atoms with Gasteiger partial charge in [-0.2, -0.15) is 0 Å². The average molecular weight is 404 g/mol. The number of nitrogens with zero attached hydrogens (tertiary/aromatic N) is 2. The fourth-order valence-electron chi connectivity index (χ4n) is 2.67. The predicted molar refractivity (Wildman–Crippen MR) is 102 cm³/mol. The monoisotopic (exact) mass is 403 g/mol. The second kappa shape index (κ2) is 8.83. The molecule has 1 aliphatic rings. The number of carbonyl (C=O) groups is 2. The zero-order valence-corrected chi connectivity index (χ0v) is 16.8. The Morgan fingerprint density at radius 2 is 1.62 bits per heavy atom. The molecule has 0 radical (unpaired) electrons. The third kappa shape index (κ3) is 5.18. The van der Waals surface area contributed by atoms with Crippen molar-refractivity contribution in [2.75, 3.05) is 32.4 Å². The fraction of sp³-hybridized carbons (Fsp3) is 0.529. The number of carbonyl (C=O) groups excluding carboxylic acids is 2. The SMILES string of the molecule is CC(C)[C@H](N)C(=O)N1CCN(C(=O)c2cccc(S(C)(=O)=O)c2)CC1.Cl. The lowest BCUT2D eigenvalue weighted by atomic mass is 10.0. The maximum atomic E-state index is 12.6. The molecular formula is C17H26ClN3O4S. The Bertz CT molecular complexity index is 759. The van der Waals surface area contributed by atoms with E-state index in [4.69, 9.17) is 5.73 Å². The lowest BCUT2D eigenvalue weighted by Crippen LogP contribution is -2.55. The van der Waals surface area contributed by atoms with Gasteiger partial charge < -0.3 is 15.5 Å². The highest BCUT2D eigenvalue weighted by Gasteiger charge is 2.29. The first-order valence-electron chi connectivity index (χ1n) is 8.25. The Morgan fingerprint density at radius 1 is 1.08 bits per heavy atom. The van der Waals surface area contributed by atoms with E-state index in [-0.39, 0.29) is 35.0 Å². The second-order valence-electron chi connectivity index (χ2n) is 6.69. The highest BCUT2D eigenvalue weighted by atomic mass is 35.5. The van der Waals surface area contributed by atoms with Crippen molar-refractivity contribution in [3.05, 3.63) is 29.8 Å². The van der Waals surface area contributed by atoms with Gasteiger partial charge in [-0.3, -0.25) is 9.59 Å². The van der Waals surface area contributed by atoms with Crippen LogP contribution in [0.3, 0.4) is 0 Å². The first-order chi connectivity index (χ1) is 11.6. The van der Waals surface area contributed by atoms with Crippen LogP contribution in [0.2, 0.25) is 0 Å². The third-order valence-electron chi connectivity index (χ3n) is 4.39. The van der Waals surface area contributed by atoms with E-state index in [2.05, 4.69) is 0 Å². The number of benzene rings is 1. The van der Waals surface area contributed by atoms with E-state index < -0.39 is 15.9 Å². The summed E-state index contributed by atoms with van der Waals surface area (Å²) in [6.45, 7) is 5.46. The summed E-state index contributed by atoms with van der Waals surface area (Å²) in [5, 5.41) is 0. The van der Waals surface area contributed by atoms with Crippen LogP contribution in [-0.4, -0.2) is 68.5 Å². The number of hydrogen-bond donors (Lipinski definition) is 1. The normalized spacial score (nSPS) is 16.2. The second-order valence-corrected chi connectivity index (χ2v) is 8.70. The van der Waals surface area contributed by atoms with Crippen LogP contribution in [0.1, 0.15) is 24.2 Å². The summed E-state index contributed by atoms with van der Waals surface area (Å²) in [5.74, 6) is -0.266. The van der Waals surface area contributed by atoms with Gasteiger partial charge in [0.05, 0.1) is 10.9 Å². The molecular weight excluding hydrogens is 378 g/mol. The van der Waals surface area contributed by atoms with Crippen LogP contribution >= 0.6 is 12.4 Å². The molecule has 0 aromatic heterocycles. The Kier molecular flexibility index (Phi) is 7.61. The number of nitrogens with two attached hydrogens (primary N) is 1. The van der Waals surface area contributed by atoms with Crippen molar-refractivity contribution in [3.8, 4) is 0 Å². The van der Waals surface area contributed by atoms with Gasteiger partial charge >= 0.3 is 0 Å². The smallest absolute Gasteiger partial charge is 0.254 e. The largest absolute Gasteiger partial charge is 0.338 e. The Labute approximate surface area is 160 Å². The van der Waals surface area contributed by atoms with Crippen molar-refractivity contribution in [2.24, 2.45) is 11.7 Å². The molecule has 1 heterocycles. The zero-order chi connectivity index (χ0) is 18.8. The van der Waals surface area contributed by atoms with E-state index in [0.29, 0.717) is 31.7 Å². The van der Waals surface area contributed by atoms with Gasteiger partial charge in [0, 0.05) is 38.0 Å². The van der Waals surface area contributed by atoms with Crippen molar-refractivity contribution in [1.29, 1.82) is 0 Å². The van der Waals surface area contributed by atoms with Gasteiger partial charge in [0.25, 0.3) is 5.91 Å². The molecule has 26 heavy (non-hydrogen) atoms. The van der Waals surface area contributed by atoms with Gasteiger partial charge in [-0.25, -0.2) is 8.42 Å². The van der Waals surface area contributed by atoms with E-state index in [1.807, 2.05) is 13.8 Å². The number of hydrogen-bond acceptors (Lipinski definition) is 5. The summed E-state index contributed by atoms with van der Waals surface area (Å²) in [4.78, 5) is 28.3. The van der Waals surface area contributed by atoms with E-state index in [0.717, 1.165) is 6.26 Å². The van der Waals surface area contributed by atoms with Gasteiger partial charge in [-0.1, -0.05) is 19.9 Å². The van der Waals surface area contributed by atoms with Gasteiger partial charge in [-0.05, 0) is 24.1 Å². The minimum Gasteiger partial charge on any atom is -0.338 e. The van der Waals surface area contributed by atoms with E-state index in [1.54, 1.807) is 21.9 Å². The predicted octanol–water partition coefficient (Wildman–Crippen LogP) is 0.780. The summed E-state index contributed by atoms with van der Waals surface area (Å²) >= 11 is 0. The van der Waals surface area contributed by atoms with Crippen molar-refractivity contribution in [2.45, 2.75) is 24.8 Å². The molecule has 1 aromatic rings. The van der Waals surface area contributed by atoms with Crippen LogP contribution < -0.4 is 5.73 Å². The third-order valence-corrected chi connectivity index (χ3v) is 5.50. The molecule has 9 heteroatoms. The lowest BCUT2D eigenvalue weighted by molar-refractivity contribution is -0.135.